The molecule has 1 unspecified atom stereocenters. The number of halogens is 2. The first-order valence-electron chi connectivity index (χ1n) is 8.08. The van der Waals surface area contributed by atoms with Crippen LogP contribution in [0, 0.1) is 0 Å². The average molecular weight is 427 g/mol. The summed E-state index contributed by atoms with van der Waals surface area (Å²) in [5.74, 6) is -0.316. The molecule has 0 aliphatic rings. The van der Waals surface area contributed by atoms with E-state index in [4.69, 9.17) is 23.2 Å². The highest BCUT2D eigenvalue weighted by molar-refractivity contribution is 7.89. The van der Waals surface area contributed by atoms with Crippen molar-refractivity contribution < 1.29 is 13.2 Å². The highest BCUT2D eigenvalue weighted by Crippen LogP contribution is 2.25. The second-order valence-electron chi connectivity index (χ2n) is 6.06. The van der Waals surface area contributed by atoms with Crippen LogP contribution in [-0.2, 0) is 14.8 Å². The minimum atomic E-state index is -3.48. The van der Waals surface area contributed by atoms with Crippen molar-refractivity contribution in [1.82, 2.24) is 9.62 Å². The lowest BCUT2D eigenvalue weighted by Gasteiger charge is -2.15. The van der Waals surface area contributed by atoms with Gasteiger partial charge in [-0.25, -0.2) is 12.7 Å². The summed E-state index contributed by atoms with van der Waals surface area (Å²) in [6, 6.07) is 11.2. The smallest absolute Gasteiger partial charge is 0.244 e. The molecule has 0 aromatic heterocycles. The zero-order chi connectivity index (χ0) is 20.2. The number of carbonyl (C=O) groups excluding carboxylic acids is 1. The molecular formula is C19H20Cl2N2O3S. The topological polar surface area (TPSA) is 66.5 Å². The molecule has 27 heavy (non-hydrogen) atoms. The minimum Gasteiger partial charge on any atom is -0.346 e. The van der Waals surface area contributed by atoms with Gasteiger partial charge in [0.15, 0.2) is 0 Å². The Labute approximate surface area is 169 Å². The fourth-order valence-electron chi connectivity index (χ4n) is 2.31. The summed E-state index contributed by atoms with van der Waals surface area (Å²) in [5, 5.41) is 3.73. The van der Waals surface area contributed by atoms with Crippen LogP contribution in [0.15, 0.2) is 53.4 Å². The van der Waals surface area contributed by atoms with Gasteiger partial charge < -0.3 is 5.32 Å². The summed E-state index contributed by atoms with van der Waals surface area (Å²) in [4.78, 5) is 12.3. The lowest BCUT2D eigenvalue weighted by atomic mass is 10.1. The molecule has 1 atom stereocenters. The van der Waals surface area contributed by atoms with Gasteiger partial charge in [0.1, 0.15) is 0 Å². The van der Waals surface area contributed by atoms with Gasteiger partial charge in [0.05, 0.1) is 10.9 Å². The molecule has 2 aromatic carbocycles. The van der Waals surface area contributed by atoms with Crippen molar-refractivity contribution in [2.24, 2.45) is 0 Å². The number of nitrogens with zero attached hydrogens (tertiary/aromatic N) is 1. The third-order valence-electron chi connectivity index (χ3n) is 3.92. The fraction of sp³-hybridized carbons (Fsp3) is 0.211. The van der Waals surface area contributed by atoms with E-state index >= 15 is 0 Å². The first-order valence-corrected chi connectivity index (χ1v) is 10.3. The molecule has 0 radical (unpaired) electrons. The molecule has 144 valence electrons. The number of amides is 1. The van der Waals surface area contributed by atoms with Crippen molar-refractivity contribution in [3.05, 3.63) is 69.7 Å². The van der Waals surface area contributed by atoms with Gasteiger partial charge in [-0.15, -0.1) is 0 Å². The van der Waals surface area contributed by atoms with Crippen LogP contribution < -0.4 is 5.32 Å². The van der Waals surface area contributed by atoms with Crippen molar-refractivity contribution >= 4 is 45.2 Å². The Morgan fingerprint density at radius 3 is 2.15 bits per heavy atom. The summed E-state index contributed by atoms with van der Waals surface area (Å²) in [6.07, 6.45) is 2.91. The standard InChI is InChI=1S/C19H20Cl2N2O3S/c1-13(14-7-9-15(10-8-14)27(25,26)23(2)3)22-19(24)12-11-16-17(20)5-4-6-18(16)21/h4-13H,1-3H3,(H,22,24)/b12-11+. The van der Waals surface area contributed by atoms with Gasteiger partial charge in [0.2, 0.25) is 15.9 Å². The Bertz CT molecular complexity index is 935. The Kier molecular flexibility index (Phi) is 7.06. The van der Waals surface area contributed by atoms with Crippen LogP contribution in [0.4, 0.5) is 0 Å². The van der Waals surface area contributed by atoms with Gasteiger partial charge in [-0.3, -0.25) is 4.79 Å². The van der Waals surface area contributed by atoms with Crippen molar-refractivity contribution in [3.63, 3.8) is 0 Å². The zero-order valence-corrected chi connectivity index (χ0v) is 17.4. The molecule has 1 amide bonds. The van der Waals surface area contributed by atoms with Crippen LogP contribution in [0.2, 0.25) is 10.0 Å². The first kappa shape index (κ1) is 21.4. The molecule has 1 N–H and O–H groups in total. The summed E-state index contributed by atoms with van der Waals surface area (Å²) in [7, 11) is -0.528. The molecule has 5 nitrogen and oxygen atoms in total. The number of nitrogens with one attached hydrogen (secondary N) is 1. The molecular weight excluding hydrogens is 407 g/mol. The lowest BCUT2D eigenvalue weighted by molar-refractivity contribution is -0.117. The van der Waals surface area contributed by atoms with Crippen LogP contribution in [0.3, 0.4) is 0 Å². The van der Waals surface area contributed by atoms with Gasteiger partial charge in [0.25, 0.3) is 0 Å². The molecule has 8 heteroatoms. The third kappa shape index (κ3) is 5.32. The van der Waals surface area contributed by atoms with Crippen molar-refractivity contribution in [2.75, 3.05) is 14.1 Å². The van der Waals surface area contributed by atoms with Gasteiger partial charge in [-0.1, -0.05) is 41.4 Å². The number of hydrogen-bond donors (Lipinski definition) is 1. The Morgan fingerprint density at radius 2 is 1.63 bits per heavy atom. The number of sulfonamides is 1. The third-order valence-corrected chi connectivity index (χ3v) is 6.41. The van der Waals surface area contributed by atoms with E-state index in [0.717, 1.165) is 9.87 Å². The summed E-state index contributed by atoms with van der Waals surface area (Å²) in [6.45, 7) is 1.81. The normalized spacial score (nSPS) is 13.1. The zero-order valence-electron chi connectivity index (χ0n) is 15.1. The maximum Gasteiger partial charge on any atom is 0.244 e. The molecule has 0 aliphatic carbocycles. The minimum absolute atomic E-state index is 0.197. The van der Waals surface area contributed by atoms with E-state index in [1.807, 2.05) is 6.92 Å². The van der Waals surface area contributed by atoms with E-state index in [1.165, 1.54) is 32.3 Å². The van der Waals surface area contributed by atoms with E-state index in [9.17, 15) is 13.2 Å². The van der Waals surface area contributed by atoms with E-state index in [2.05, 4.69) is 5.32 Å². The molecule has 0 saturated carbocycles. The van der Waals surface area contributed by atoms with Gasteiger partial charge in [0, 0.05) is 35.8 Å². The highest BCUT2D eigenvalue weighted by atomic mass is 35.5. The van der Waals surface area contributed by atoms with Crippen molar-refractivity contribution in [2.45, 2.75) is 17.9 Å². The summed E-state index contributed by atoms with van der Waals surface area (Å²) in [5.41, 5.74) is 1.35. The maximum absolute atomic E-state index is 12.2. The van der Waals surface area contributed by atoms with Gasteiger partial charge in [-0.2, -0.15) is 0 Å². The largest absolute Gasteiger partial charge is 0.346 e. The molecule has 2 rings (SSSR count). The lowest BCUT2D eigenvalue weighted by Crippen LogP contribution is -2.25. The van der Waals surface area contributed by atoms with Crippen molar-refractivity contribution in [1.29, 1.82) is 0 Å². The molecule has 0 heterocycles. The molecule has 0 fully saturated rings. The van der Waals surface area contributed by atoms with Crippen molar-refractivity contribution in [3.8, 4) is 0 Å². The van der Waals surface area contributed by atoms with Gasteiger partial charge in [-0.05, 0) is 42.8 Å². The predicted molar refractivity (Wildman–Crippen MR) is 109 cm³/mol. The molecule has 0 bridgehead atoms. The highest BCUT2D eigenvalue weighted by Gasteiger charge is 2.17. The SMILES string of the molecule is CC(NC(=O)/C=C/c1c(Cl)cccc1Cl)c1ccc(S(=O)(=O)N(C)C)cc1. The van der Waals surface area contributed by atoms with E-state index < -0.39 is 10.0 Å². The van der Waals surface area contributed by atoms with E-state index in [1.54, 1.807) is 36.4 Å². The number of hydrogen-bond acceptors (Lipinski definition) is 3. The Morgan fingerprint density at radius 1 is 1.07 bits per heavy atom. The molecule has 2 aromatic rings. The second kappa shape index (κ2) is 8.89. The van der Waals surface area contributed by atoms with E-state index in [-0.39, 0.29) is 16.8 Å². The number of benzene rings is 2. The monoisotopic (exact) mass is 426 g/mol. The average Bonchev–Trinajstić information content (AvgIpc) is 2.61. The van der Waals surface area contributed by atoms with Crippen LogP contribution in [0.1, 0.15) is 24.1 Å². The molecule has 0 spiro atoms. The fourth-order valence-corrected chi connectivity index (χ4v) is 3.74. The maximum atomic E-state index is 12.2. The van der Waals surface area contributed by atoms with E-state index in [0.29, 0.717) is 15.6 Å². The predicted octanol–water partition coefficient (Wildman–Crippen LogP) is 4.13. The van der Waals surface area contributed by atoms with Gasteiger partial charge >= 0.3 is 0 Å². The second-order valence-corrected chi connectivity index (χ2v) is 9.02. The molecule has 0 saturated heterocycles. The number of rotatable bonds is 6. The van der Waals surface area contributed by atoms with Crippen LogP contribution in [0.5, 0.6) is 0 Å². The van der Waals surface area contributed by atoms with Crippen LogP contribution in [-0.4, -0.2) is 32.7 Å². The Balaban J connectivity index is 2.07. The number of carbonyl (C=O) groups is 1. The molecule has 0 aliphatic heterocycles. The van der Waals surface area contributed by atoms with Crippen LogP contribution >= 0.6 is 23.2 Å². The van der Waals surface area contributed by atoms with Crippen LogP contribution in [0.25, 0.3) is 6.08 Å². The Hall–Kier alpha value is -1.86. The summed E-state index contributed by atoms with van der Waals surface area (Å²) >= 11 is 12.1. The summed E-state index contributed by atoms with van der Waals surface area (Å²) < 4.78 is 25.3. The quantitative estimate of drug-likeness (QED) is 0.705. The first-order chi connectivity index (χ1) is 12.6.